The van der Waals surface area contributed by atoms with Crippen LogP contribution in [0.4, 0.5) is 5.69 Å². The van der Waals surface area contributed by atoms with E-state index in [9.17, 15) is 4.79 Å². The number of amides is 1. The molecule has 1 N–H and O–H groups in total. The zero-order chi connectivity index (χ0) is 17.5. The van der Waals surface area contributed by atoms with Crippen molar-refractivity contribution in [2.45, 2.75) is 12.5 Å². The fourth-order valence-electron chi connectivity index (χ4n) is 2.48. The molecule has 0 aliphatic carbocycles. The molecular formula is C20H18N2O3. The highest BCUT2D eigenvalue weighted by Gasteiger charge is 2.16. The van der Waals surface area contributed by atoms with Crippen molar-refractivity contribution in [1.82, 2.24) is 0 Å². The molecule has 1 aliphatic rings. The number of rotatable bonds is 5. The van der Waals surface area contributed by atoms with Gasteiger partial charge >= 0.3 is 0 Å². The van der Waals surface area contributed by atoms with Gasteiger partial charge < -0.3 is 14.8 Å². The molecular weight excluding hydrogens is 316 g/mol. The van der Waals surface area contributed by atoms with Gasteiger partial charge in [0.15, 0.2) is 0 Å². The third-order valence-corrected chi connectivity index (χ3v) is 3.76. The average molecular weight is 334 g/mol. The van der Waals surface area contributed by atoms with Crippen LogP contribution in [-0.2, 0) is 9.53 Å². The summed E-state index contributed by atoms with van der Waals surface area (Å²) in [5, 5.41) is 11.7. The summed E-state index contributed by atoms with van der Waals surface area (Å²) in [6, 6.07) is 16.4. The molecule has 25 heavy (non-hydrogen) atoms. The lowest BCUT2D eigenvalue weighted by atomic mass is 10.1. The van der Waals surface area contributed by atoms with Gasteiger partial charge in [-0.1, -0.05) is 12.1 Å². The molecule has 2 aromatic carbocycles. The number of nitrogens with one attached hydrogen (secondary N) is 1. The van der Waals surface area contributed by atoms with Crippen molar-refractivity contribution in [3.8, 4) is 11.8 Å². The molecule has 1 atom stereocenters. The quantitative estimate of drug-likeness (QED) is 0.851. The van der Waals surface area contributed by atoms with Crippen LogP contribution in [0.25, 0.3) is 6.08 Å². The zero-order valence-electron chi connectivity index (χ0n) is 13.6. The monoisotopic (exact) mass is 334 g/mol. The van der Waals surface area contributed by atoms with E-state index in [0.717, 1.165) is 24.3 Å². The standard InChI is InChI=1S/C20H18N2O3/c21-13-16-3-1-2-15(12-16)4-9-20(23)22-17-5-7-18(8-6-17)25-19-10-11-24-14-19/h1-9,12,19H,10-11,14H2,(H,22,23)/b9-4+/t19-/m0/s1. The van der Waals surface area contributed by atoms with Crippen molar-refractivity contribution in [2.24, 2.45) is 0 Å². The summed E-state index contributed by atoms with van der Waals surface area (Å²) in [6.07, 6.45) is 4.12. The van der Waals surface area contributed by atoms with Crippen molar-refractivity contribution >= 4 is 17.7 Å². The molecule has 126 valence electrons. The van der Waals surface area contributed by atoms with Crippen molar-refractivity contribution < 1.29 is 14.3 Å². The second-order valence-corrected chi connectivity index (χ2v) is 5.69. The number of hydrogen-bond acceptors (Lipinski definition) is 4. The molecule has 2 aromatic rings. The predicted molar refractivity (Wildman–Crippen MR) is 95.1 cm³/mol. The third kappa shape index (κ3) is 4.93. The molecule has 0 saturated carbocycles. The predicted octanol–water partition coefficient (Wildman–Crippen LogP) is 3.38. The Morgan fingerprint density at radius 2 is 2.12 bits per heavy atom. The van der Waals surface area contributed by atoms with E-state index in [-0.39, 0.29) is 12.0 Å². The molecule has 1 aliphatic heterocycles. The van der Waals surface area contributed by atoms with Crippen LogP contribution in [0.15, 0.2) is 54.6 Å². The van der Waals surface area contributed by atoms with E-state index < -0.39 is 0 Å². The molecule has 0 unspecified atom stereocenters. The van der Waals surface area contributed by atoms with Gasteiger partial charge in [0, 0.05) is 18.2 Å². The summed E-state index contributed by atoms with van der Waals surface area (Å²) in [4.78, 5) is 12.0. The molecule has 5 nitrogen and oxygen atoms in total. The molecule has 1 amide bonds. The Kier molecular flexibility index (Phi) is 5.45. The van der Waals surface area contributed by atoms with Crippen LogP contribution < -0.4 is 10.1 Å². The highest BCUT2D eigenvalue weighted by molar-refractivity contribution is 6.01. The molecule has 5 heteroatoms. The van der Waals surface area contributed by atoms with E-state index in [1.54, 1.807) is 36.4 Å². The van der Waals surface area contributed by atoms with Crippen LogP contribution in [0.5, 0.6) is 5.75 Å². The van der Waals surface area contributed by atoms with E-state index in [1.165, 1.54) is 6.08 Å². The maximum Gasteiger partial charge on any atom is 0.248 e. The molecule has 1 fully saturated rings. The van der Waals surface area contributed by atoms with E-state index in [0.29, 0.717) is 17.9 Å². The van der Waals surface area contributed by atoms with Gasteiger partial charge in [0.2, 0.25) is 5.91 Å². The Hall–Kier alpha value is -3.10. The van der Waals surface area contributed by atoms with Gasteiger partial charge in [-0.2, -0.15) is 5.26 Å². The highest BCUT2D eigenvalue weighted by atomic mass is 16.5. The van der Waals surface area contributed by atoms with E-state index in [2.05, 4.69) is 11.4 Å². The summed E-state index contributed by atoms with van der Waals surface area (Å²) in [5.41, 5.74) is 2.05. The topological polar surface area (TPSA) is 71.4 Å². The van der Waals surface area contributed by atoms with Crippen molar-refractivity contribution in [3.05, 3.63) is 65.7 Å². The highest BCUT2D eigenvalue weighted by Crippen LogP contribution is 2.19. The second-order valence-electron chi connectivity index (χ2n) is 5.69. The van der Waals surface area contributed by atoms with Gasteiger partial charge in [0.05, 0.1) is 24.8 Å². The number of hydrogen-bond donors (Lipinski definition) is 1. The Bertz CT molecular complexity index is 800. The molecule has 1 heterocycles. The van der Waals surface area contributed by atoms with Crippen molar-refractivity contribution in [3.63, 3.8) is 0 Å². The normalized spacial score (nSPS) is 16.5. The number of carbonyl (C=O) groups is 1. The third-order valence-electron chi connectivity index (χ3n) is 3.76. The fourth-order valence-corrected chi connectivity index (χ4v) is 2.48. The van der Waals surface area contributed by atoms with Gasteiger partial charge in [-0.15, -0.1) is 0 Å². The van der Waals surface area contributed by atoms with Gasteiger partial charge in [0.25, 0.3) is 0 Å². The summed E-state index contributed by atoms with van der Waals surface area (Å²) in [7, 11) is 0. The van der Waals surface area contributed by atoms with Crippen LogP contribution in [0.2, 0.25) is 0 Å². The minimum absolute atomic E-state index is 0.104. The number of nitriles is 1. The van der Waals surface area contributed by atoms with E-state index in [4.69, 9.17) is 14.7 Å². The molecule has 0 bridgehead atoms. The largest absolute Gasteiger partial charge is 0.488 e. The first kappa shape index (κ1) is 16.7. The van der Waals surface area contributed by atoms with Crippen molar-refractivity contribution in [1.29, 1.82) is 5.26 Å². The zero-order valence-corrected chi connectivity index (χ0v) is 13.6. The minimum atomic E-state index is -0.236. The molecule has 0 aromatic heterocycles. The SMILES string of the molecule is N#Cc1cccc(/C=C/C(=O)Nc2ccc(O[C@H]3CCOC3)cc2)c1. The first-order chi connectivity index (χ1) is 12.2. The number of benzene rings is 2. The van der Waals surface area contributed by atoms with Crippen molar-refractivity contribution in [2.75, 3.05) is 18.5 Å². The molecule has 3 rings (SSSR count). The maximum atomic E-state index is 12.0. The average Bonchev–Trinajstić information content (AvgIpc) is 3.15. The first-order valence-corrected chi connectivity index (χ1v) is 8.06. The summed E-state index contributed by atoms with van der Waals surface area (Å²) in [5.74, 6) is 0.526. The number of anilines is 1. The fraction of sp³-hybridized carbons (Fsp3) is 0.200. The minimum Gasteiger partial charge on any atom is -0.488 e. The maximum absolute atomic E-state index is 12.0. The van der Waals surface area contributed by atoms with Crippen LogP contribution >= 0.6 is 0 Å². The summed E-state index contributed by atoms with van der Waals surface area (Å²) in [6.45, 7) is 1.36. The lowest BCUT2D eigenvalue weighted by Gasteiger charge is -2.12. The lowest BCUT2D eigenvalue weighted by molar-refractivity contribution is -0.111. The summed E-state index contributed by atoms with van der Waals surface area (Å²) >= 11 is 0. The Morgan fingerprint density at radius 3 is 2.84 bits per heavy atom. The first-order valence-electron chi connectivity index (χ1n) is 8.06. The van der Waals surface area contributed by atoms with Crippen LogP contribution in [-0.4, -0.2) is 25.2 Å². The number of nitrogens with zero attached hydrogens (tertiary/aromatic N) is 1. The van der Waals surface area contributed by atoms with Gasteiger partial charge in [-0.05, 0) is 48.0 Å². The Labute approximate surface area is 146 Å². The summed E-state index contributed by atoms with van der Waals surface area (Å²) < 4.78 is 11.1. The van der Waals surface area contributed by atoms with Gasteiger partial charge in [-0.25, -0.2) is 0 Å². The Morgan fingerprint density at radius 1 is 1.28 bits per heavy atom. The number of carbonyl (C=O) groups excluding carboxylic acids is 1. The van der Waals surface area contributed by atoms with Crippen LogP contribution in [0.1, 0.15) is 17.5 Å². The molecule has 0 radical (unpaired) electrons. The van der Waals surface area contributed by atoms with Gasteiger partial charge in [0.1, 0.15) is 11.9 Å². The van der Waals surface area contributed by atoms with E-state index >= 15 is 0 Å². The van der Waals surface area contributed by atoms with E-state index in [1.807, 2.05) is 18.2 Å². The smallest absolute Gasteiger partial charge is 0.248 e. The van der Waals surface area contributed by atoms with Crippen LogP contribution in [0.3, 0.4) is 0 Å². The van der Waals surface area contributed by atoms with Crippen LogP contribution in [0, 0.1) is 11.3 Å². The molecule has 0 spiro atoms. The molecule has 1 saturated heterocycles. The Balaban J connectivity index is 1.55. The van der Waals surface area contributed by atoms with Gasteiger partial charge in [-0.3, -0.25) is 4.79 Å². The second kappa shape index (κ2) is 8.13. The lowest BCUT2D eigenvalue weighted by Crippen LogP contribution is -2.15. The number of ether oxygens (including phenoxy) is 2.